The highest BCUT2D eigenvalue weighted by Crippen LogP contribution is 2.43. The van der Waals surface area contributed by atoms with E-state index in [1.54, 1.807) is 21.3 Å². The Kier molecular flexibility index (Phi) is 7.40. The quantitative estimate of drug-likeness (QED) is 0.439. The number of hydrogen-bond donors (Lipinski definition) is 0. The van der Waals surface area contributed by atoms with Gasteiger partial charge in [-0.3, -0.25) is 4.90 Å². The topological polar surface area (TPSA) is 40.2 Å². The van der Waals surface area contributed by atoms with E-state index in [0.717, 1.165) is 54.2 Å². The zero-order valence-electron chi connectivity index (χ0n) is 20.0. The van der Waals surface area contributed by atoms with Crippen LogP contribution < -0.4 is 18.9 Å². The second-order valence-electron chi connectivity index (χ2n) is 8.43. The second kappa shape index (κ2) is 10.6. The number of hydrogen-bond acceptors (Lipinski definition) is 5. The van der Waals surface area contributed by atoms with Crippen LogP contribution in [-0.4, -0.2) is 45.9 Å². The fourth-order valence-electron chi connectivity index (χ4n) is 4.47. The lowest BCUT2D eigenvalue weighted by Gasteiger charge is -2.22. The predicted octanol–water partition coefficient (Wildman–Crippen LogP) is 5.77. The summed E-state index contributed by atoms with van der Waals surface area (Å²) in [5.74, 6) is 3.51. The minimum atomic E-state index is 0.511. The van der Waals surface area contributed by atoms with Gasteiger partial charge in [0.1, 0.15) is 6.61 Å². The monoisotopic (exact) mass is 447 g/mol. The van der Waals surface area contributed by atoms with Crippen LogP contribution in [0.2, 0.25) is 0 Å². The van der Waals surface area contributed by atoms with E-state index >= 15 is 0 Å². The third kappa shape index (κ3) is 5.09. The van der Waals surface area contributed by atoms with E-state index < -0.39 is 0 Å². The average molecular weight is 448 g/mol. The molecule has 0 radical (unpaired) electrons. The molecule has 174 valence electrons. The molecule has 33 heavy (non-hydrogen) atoms. The Hall–Kier alpha value is -3.18. The van der Waals surface area contributed by atoms with Crippen LogP contribution in [-0.2, 0) is 6.54 Å². The number of fused-ring (bicyclic) bond motifs is 1. The molecule has 1 atom stereocenters. The molecule has 0 bridgehead atoms. The van der Waals surface area contributed by atoms with Crippen molar-refractivity contribution in [3.05, 3.63) is 71.8 Å². The molecule has 5 heteroatoms. The fourth-order valence-corrected chi connectivity index (χ4v) is 4.47. The number of rotatable bonds is 8. The molecule has 3 aromatic rings. The van der Waals surface area contributed by atoms with E-state index in [1.165, 1.54) is 5.56 Å². The summed E-state index contributed by atoms with van der Waals surface area (Å²) in [5, 5.41) is 0. The van der Waals surface area contributed by atoms with Crippen LogP contribution in [0.3, 0.4) is 0 Å². The Morgan fingerprint density at radius 3 is 2.42 bits per heavy atom. The van der Waals surface area contributed by atoms with Crippen molar-refractivity contribution in [1.29, 1.82) is 0 Å². The highest BCUT2D eigenvalue weighted by atomic mass is 16.5. The summed E-state index contributed by atoms with van der Waals surface area (Å²) < 4.78 is 23.1. The minimum Gasteiger partial charge on any atom is -0.493 e. The zero-order valence-corrected chi connectivity index (χ0v) is 20.0. The molecule has 0 unspecified atom stereocenters. The van der Waals surface area contributed by atoms with Crippen molar-refractivity contribution in [3.63, 3.8) is 0 Å². The second-order valence-corrected chi connectivity index (χ2v) is 8.43. The molecule has 3 aromatic carbocycles. The fraction of sp³-hybridized carbons (Fsp3) is 0.357. The van der Waals surface area contributed by atoms with Crippen molar-refractivity contribution in [2.45, 2.75) is 25.8 Å². The molecule has 0 aromatic heterocycles. The third-order valence-corrected chi connectivity index (χ3v) is 6.36. The first-order chi connectivity index (χ1) is 16.1. The van der Waals surface area contributed by atoms with Crippen LogP contribution in [0.5, 0.6) is 23.0 Å². The molecule has 1 aliphatic heterocycles. The van der Waals surface area contributed by atoms with Crippen molar-refractivity contribution in [2.24, 2.45) is 0 Å². The van der Waals surface area contributed by atoms with Crippen LogP contribution in [0.25, 0.3) is 11.1 Å². The Balaban J connectivity index is 1.60. The van der Waals surface area contributed by atoms with E-state index in [2.05, 4.69) is 48.2 Å². The van der Waals surface area contributed by atoms with Gasteiger partial charge in [0, 0.05) is 24.2 Å². The molecular weight excluding hydrogens is 414 g/mol. The highest BCUT2D eigenvalue weighted by Gasteiger charge is 2.22. The Morgan fingerprint density at radius 1 is 0.909 bits per heavy atom. The van der Waals surface area contributed by atoms with Crippen molar-refractivity contribution in [2.75, 3.05) is 41.0 Å². The molecule has 0 spiro atoms. The summed E-state index contributed by atoms with van der Waals surface area (Å²) >= 11 is 0. The van der Waals surface area contributed by atoms with Crippen molar-refractivity contribution < 1.29 is 18.9 Å². The predicted molar refractivity (Wildman–Crippen MR) is 132 cm³/mol. The first kappa shape index (κ1) is 23.0. The summed E-state index contributed by atoms with van der Waals surface area (Å²) in [5.41, 5.74) is 4.49. The number of benzene rings is 3. The molecule has 0 saturated heterocycles. The first-order valence-corrected chi connectivity index (χ1v) is 11.5. The summed E-state index contributed by atoms with van der Waals surface area (Å²) in [4.78, 5) is 2.47. The highest BCUT2D eigenvalue weighted by molar-refractivity contribution is 5.77. The normalized spacial score (nSPS) is 14.5. The average Bonchev–Trinajstić information content (AvgIpc) is 3.08. The zero-order chi connectivity index (χ0) is 23.2. The maximum absolute atomic E-state index is 6.16. The Morgan fingerprint density at radius 2 is 1.70 bits per heavy atom. The van der Waals surface area contributed by atoms with Gasteiger partial charge >= 0.3 is 0 Å². The molecule has 0 saturated carbocycles. The largest absolute Gasteiger partial charge is 0.493 e. The van der Waals surface area contributed by atoms with Crippen LogP contribution in [0.4, 0.5) is 0 Å². The lowest BCUT2D eigenvalue weighted by molar-refractivity contribution is 0.218. The van der Waals surface area contributed by atoms with Gasteiger partial charge in [0.25, 0.3) is 0 Å². The van der Waals surface area contributed by atoms with Gasteiger partial charge in [-0.25, -0.2) is 0 Å². The van der Waals surface area contributed by atoms with Gasteiger partial charge in [-0.15, -0.1) is 0 Å². The SMILES string of the molecule is COc1cc(-c2cccc(OC)c2OC)cc2c1OCCN(CC[C@H](C)c1ccccc1)C2. The Labute approximate surface area is 196 Å². The summed E-state index contributed by atoms with van der Waals surface area (Å²) in [7, 11) is 5.01. The van der Waals surface area contributed by atoms with Crippen LogP contribution in [0, 0.1) is 0 Å². The van der Waals surface area contributed by atoms with Gasteiger partial charge in [-0.1, -0.05) is 49.4 Å². The van der Waals surface area contributed by atoms with Gasteiger partial charge in [0.15, 0.2) is 23.0 Å². The van der Waals surface area contributed by atoms with Gasteiger partial charge in [0.05, 0.1) is 21.3 Å². The summed E-state index contributed by atoms with van der Waals surface area (Å²) in [6, 6.07) is 20.8. The number of para-hydroxylation sites is 1. The van der Waals surface area contributed by atoms with Crippen molar-refractivity contribution in [3.8, 4) is 34.1 Å². The molecule has 5 nitrogen and oxygen atoms in total. The van der Waals surface area contributed by atoms with Crippen LogP contribution >= 0.6 is 0 Å². The maximum Gasteiger partial charge on any atom is 0.168 e. The standard InChI is InChI=1S/C28H33NO4/c1-20(21-9-6-5-7-10-21)13-14-29-15-16-33-27-23(19-29)17-22(18-26(27)31-3)24-11-8-12-25(30-2)28(24)32-4/h5-12,17-18,20H,13-16,19H2,1-4H3/t20-/m0/s1. The van der Waals surface area contributed by atoms with E-state index in [4.69, 9.17) is 18.9 Å². The van der Waals surface area contributed by atoms with Crippen molar-refractivity contribution in [1.82, 2.24) is 4.90 Å². The molecule has 1 heterocycles. The van der Waals surface area contributed by atoms with Gasteiger partial charge in [0.2, 0.25) is 0 Å². The molecule has 0 fully saturated rings. The van der Waals surface area contributed by atoms with Gasteiger partial charge in [-0.2, -0.15) is 0 Å². The lowest BCUT2D eigenvalue weighted by Crippen LogP contribution is -2.27. The van der Waals surface area contributed by atoms with Crippen LogP contribution in [0.15, 0.2) is 60.7 Å². The molecule has 1 aliphatic rings. The minimum absolute atomic E-state index is 0.511. The molecule has 4 rings (SSSR count). The molecular formula is C28H33NO4. The van der Waals surface area contributed by atoms with Gasteiger partial charge < -0.3 is 18.9 Å². The number of nitrogens with zero attached hydrogens (tertiary/aromatic N) is 1. The maximum atomic E-state index is 6.16. The Bertz CT molecular complexity index is 1070. The third-order valence-electron chi connectivity index (χ3n) is 6.36. The number of methoxy groups -OCH3 is 3. The van der Waals surface area contributed by atoms with E-state index in [0.29, 0.717) is 24.0 Å². The molecule has 0 N–H and O–H groups in total. The van der Waals surface area contributed by atoms with Crippen LogP contribution in [0.1, 0.15) is 30.4 Å². The lowest BCUT2D eigenvalue weighted by atomic mass is 9.97. The van der Waals surface area contributed by atoms with E-state index in [9.17, 15) is 0 Å². The van der Waals surface area contributed by atoms with E-state index in [-0.39, 0.29) is 0 Å². The summed E-state index contributed by atoms with van der Waals surface area (Å²) in [6.07, 6.45) is 1.10. The molecule has 0 aliphatic carbocycles. The smallest absolute Gasteiger partial charge is 0.168 e. The summed E-state index contributed by atoms with van der Waals surface area (Å²) in [6.45, 7) is 5.65. The van der Waals surface area contributed by atoms with Crippen molar-refractivity contribution >= 4 is 0 Å². The van der Waals surface area contributed by atoms with Gasteiger partial charge in [-0.05, 0) is 48.2 Å². The first-order valence-electron chi connectivity index (χ1n) is 11.5. The molecule has 0 amide bonds. The number of ether oxygens (including phenoxy) is 4. The van der Waals surface area contributed by atoms with E-state index in [1.807, 2.05) is 24.3 Å².